The van der Waals surface area contributed by atoms with Crippen molar-refractivity contribution in [2.45, 2.75) is 26.3 Å². The van der Waals surface area contributed by atoms with Gasteiger partial charge < -0.3 is 9.88 Å². The molecule has 0 spiro atoms. The fourth-order valence-electron chi connectivity index (χ4n) is 1.90. The van der Waals surface area contributed by atoms with Crippen molar-refractivity contribution in [3.8, 4) is 0 Å². The number of carbonyl (C=O) groups excluding carboxylic acids is 1. The second kappa shape index (κ2) is 5.63. The molecule has 4 nitrogen and oxygen atoms in total. The second-order valence-corrected chi connectivity index (χ2v) is 5.06. The zero-order valence-corrected chi connectivity index (χ0v) is 12.2. The molecule has 1 N–H and O–H groups in total. The molecule has 0 aliphatic heterocycles. The van der Waals surface area contributed by atoms with Gasteiger partial charge in [0.05, 0.1) is 0 Å². The molecule has 0 bridgehead atoms. The zero-order chi connectivity index (χ0) is 15.6. The van der Waals surface area contributed by atoms with E-state index in [1.807, 2.05) is 0 Å². The van der Waals surface area contributed by atoms with Gasteiger partial charge in [-0.1, -0.05) is 18.2 Å². The molecule has 1 heterocycles. The Balaban J connectivity index is 2.04. The summed E-state index contributed by atoms with van der Waals surface area (Å²) >= 11 is 0. The first-order chi connectivity index (χ1) is 9.77. The van der Waals surface area contributed by atoms with Crippen molar-refractivity contribution in [3.63, 3.8) is 0 Å². The first-order valence-corrected chi connectivity index (χ1v) is 6.53. The molecule has 0 radical (unpaired) electrons. The van der Waals surface area contributed by atoms with E-state index in [0.717, 1.165) is 12.7 Å². The highest BCUT2D eigenvalue weighted by Crippen LogP contribution is 2.27. The molecule has 0 saturated heterocycles. The van der Waals surface area contributed by atoms with Gasteiger partial charge in [0.1, 0.15) is 11.5 Å². The van der Waals surface area contributed by atoms with Crippen molar-refractivity contribution in [2.75, 3.05) is 0 Å². The van der Waals surface area contributed by atoms with Crippen LogP contribution in [0.25, 0.3) is 0 Å². The average Bonchev–Trinajstić information content (AvgIpc) is 2.75. The van der Waals surface area contributed by atoms with Crippen molar-refractivity contribution < 1.29 is 13.6 Å². The number of aromatic nitrogens is 2. The molecule has 0 fully saturated rings. The van der Waals surface area contributed by atoms with Gasteiger partial charge in [0.15, 0.2) is 0 Å². The van der Waals surface area contributed by atoms with Gasteiger partial charge in [-0.05, 0) is 18.6 Å². The van der Waals surface area contributed by atoms with Crippen LogP contribution in [-0.2, 0) is 19.5 Å². The number of nitrogens with one attached hydrogen (secondary N) is 1. The van der Waals surface area contributed by atoms with Gasteiger partial charge in [-0.25, -0.2) is 13.8 Å². The summed E-state index contributed by atoms with van der Waals surface area (Å²) in [5.74, 6) is -2.49. The molecule has 2 rings (SSSR count). The monoisotopic (exact) mass is 293 g/mol. The third-order valence-electron chi connectivity index (χ3n) is 3.23. The van der Waals surface area contributed by atoms with Crippen LogP contribution in [0.5, 0.6) is 0 Å². The number of amides is 1. The molecule has 6 heteroatoms. The summed E-state index contributed by atoms with van der Waals surface area (Å²) < 4.78 is 28.2. The minimum absolute atomic E-state index is 0.0667. The predicted octanol–water partition coefficient (Wildman–Crippen LogP) is 2.77. The molecular formula is C15H17F2N3O. The maximum atomic E-state index is 13.2. The quantitative estimate of drug-likeness (QED) is 0.942. The number of nitrogens with zero attached hydrogens (tertiary/aromatic N) is 2. The van der Waals surface area contributed by atoms with E-state index in [2.05, 4.69) is 10.3 Å². The normalized spacial score (nSPS) is 11.5. The van der Waals surface area contributed by atoms with Crippen molar-refractivity contribution in [3.05, 3.63) is 53.1 Å². The fraction of sp³-hybridized carbons (Fsp3) is 0.333. The Morgan fingerprint density at radius 3 is 2.71 bits per heavy atom. The van der Waals surface area contributed by atoms with E-state index >= 15 is 0 Å². The summed E-state index contributed by atoms with van der Waals surface area (Å²) in [6.45, 7) is 2.82. The van der Waals surface area contributed by atoms with Crippen molar-refractivity contribution in [2.24, 2.45) is 7.05 Å². The standard InChI is InChI=1S/C15H17F2N3O/c1-10-19-13(9-20(10)3)14(21)18-8-11-5-4-6-12(7-11)15(2,16)17/h4-7,9H,8H2,1-3H3,(H,18,21). The number of carbonyl (C=O) groups is 1. The highest BCUT2D eigenvalue weighted by Gasteiger charge is 2.24. The van der Waals surface area contributed by atoms with Crippen LogP contribution in [0.1, 0.15) is 34.4 Å². The van der Waals surface area contributed by atoms with Crippen LogP contribution in [-0.4, -0.2) is 15.5 Å². The topological polar surface area (TPSA) is 46.9 Å². The van der Waals surface area contributed by atoms with Crippen LogP contribution in [0, 0.1) is 6.92 Å². The highest BCUT2D eigenvalue weighted by molar-refractivity contribution is 5.92. The molecule has 0 atom stereocenters. The minimum atomic E-state index is -2.89. The number of alkyl halides is 2. The van der Waals surface area contributed by atoms with Crippen molar-refractivity contribution in [1.29, 1.82) is 0 Å². The zero-order valence-electron chi connectivity index (χ0n) is 12.2. The highest BCUT2D eigenvalue weighted by atomic mass is 19.3. The summed E-state index contributed by atoms with van der Waals surface area (Å²) in [5, 5.41) is 2.67. The largest absolute Gasteiger partial charge is 0.347 e. The Kier molecular flexibility index (Phi) is 4.06. The SMILES string of the molecule is Cc1nc(C(=O)NCc2cccc(C(C)(F)F)c2)cn1C. The lowest BCUT2D eigenvalue weighted by Gasteiger charge is -2.12. The summed E-state index contributed by atoms with van der Waals surface area (Å²) in [6, 6.07) is 6.01. The van der Waals surface area contributed by atoms with Crippen LogP contribution in [0.2, 0.25) is 0 Å². The van der Waals surface area contributed by atoms with E-state index in [-0.39, 0.29) is 18.0 Å². The third-order valence-corrected chi connectivity index (χ3v) is 3.23. The molecule has 0 unspecified atom stereocenters. The van der Waals surface area contributed by atoms with Crippen LogP contribution < -0.4 is 5.32 Å². The first kappa shape index (κ1) is 15.2. The minimum Gasteiger partial charge on any atom is -0.347 e. The maximum Gasteiger partial charge on any atom is 0.271 e. The van der Waals surface area contributed by atoms with Gasteiger partial charge in [-0.3, -0.25) is 4.79 Å². The number of rotatable bonds is 4. The average molecular weight is 293 g/mol. The molecule has 1 aromatic heterocycles. The number of hydrogen-bond acceptors (Lipinski definition) is 2. The molecule has 0 saturated carbocycles. The number of aryl methyl sites for hydroxylation is 2. The molecule has 1 amide bonds. The first-order valence-electron chi connectivity index (χ1n) is 6.53. The van der Waals surface area contributed by atoms with Gasteiger partial charge in [0.2, 0.25) is 0 Å². The Hall–Kier alpha value is -2.24. The molecule has 0 aliphatic rings. The van der Waals surface area contributed by atoms with Crippen LogP contribution in [0.4, 0.5) is 8.78 Å². The van der Waals surface area contributed by atoms with Crippen LogP contribution >= 0.6 is 0 Å². The summed E-state index contributed by atoms with van der Waals surface area (Å²) in [5.41, 5.74) is 0.866. The molecule has 2 aromatic rings. The lowest BCUT2D eigenvalue weighted by atomic mass is 10.1. The van der Waals surface area contributed by atoms with Gasteiger partial charge >= 0.3 is 0 Å². The summed E-state index contributed by atoms with van der Waals surface area (Å²) in [6.07, 6.45) is 1.63. The van der Waals surface area contributed by atoms with E-state index in [1.165, 1.54) is 12.1 Å². The van der Waals surface area contributed by atoms with E-state index < -0.39 is 5.92 Å². The molecule has 0 aliphatic carbocycles. The van der Waals surface area contributed by atoms with Gasteiger partial charge in [0, 0.05) is 32.3 Å². The van der Waals surface area contributed by atoms with Crippen molar-refractivity contribution >= 4 is 5.91 Å². The van der Waals surface area contributed by atoms with Crippen molar-refractivity contribution in [1.82, 2.24) is 14.9 Å². The molecular weight excluding hydrogens is 276 g/mol. The number of halogens is 2. The number of benzene rings is 1. The second-order valence-electron chi connectivity index (χ2n) is 5.06. The fourth-order valence-corrected chi connectivity index (χ4v) is 1.90. The number of imidazole rings is 1. The van der Waals surface area contributed by atoms with Gasteiger partial charge in [-0.15, -0.1) is 0 Å². The Labute approximate surface area is 121 Å². The van der Waals surface area contributed by atoms with Crippen LogP contribution in [0.3, 0.4) is 0 Å². The van der Waals surface area contributed by atoms with E-state index in [0.29, 0.717) is 11.3 Å². The van der Waals surface area contributed by atoms with E-state index in [9.17, 15) is 13.6 Å². The third kappa shape index (κ3) is 3.65. The summed E-state index contributed by atoms with van der Waals surface area (Å²) in [4.78, 5) is 16.0. The number of hydrogen-bond donors (Lipinski definition) is 1. The molecule has 1 aromatic carbocycles. The predicted molar refractivity (Wildman–Crippen MR) is 75.1 cm³/mol. The maximum absolute atomic E-state index is 13.2. The Morgan fingerprint density at radius 1 is 1.43 bits per heavy atom. The molecule has 112 valence electrons. The van der Waals surface area contributed by atoms with E-state index in [4.69, 9.17) is 0 Å². The molecule has 21 heavy (non-hydrogen) atoms. The van der Waals surface area contributed by atoms with Gasteiger partial charge in [0.25, 0.3) is 11.8 Å². The van der Waals surface area contributed by atoms with E-state index in [1.54, 1.807) is 36.9 Å². The lowest BCUT2D eigenvalue weighted by molar-refractivity contribution is 0.0174. The Bertz CT molecular complexity index is 640. The summed E-state index contributed by atoms with van der Waals surface area (Å²) in [7, 11) is 1.80. The van der Waals surface area contributed by atoms with Crippen LogP contribution in [0.15, 0.2) is 30.5 Å². The Morgan fingerprint density at radius 2 is 2.14 bits per heavy atom. The van der Waals surface area contributed by atoms with Gasteiger partial charge in [-0.2, -0.15) is 0 Å². The lowest BCUT2D eigenvalue weighted by Crippen LogP contribution is -2.23. The smallest absolute Gasteiger partial charge is 0.271 e.